The monoisotopic (exact) mass is 431 g/mol. The van der Waals surface area contributed by atoms with Gasteiger partial charge in [0.1, 0.15) is 12.1 Å². The van der Waals surface area contributed by atoms with Crippen molar-refractivity contribution in [3.8, 4) is 0 Å². The van der Waals surface area contributed by atoms with Crippen molar-refractivity contribution in [1.29, 1.82) is 0 Å². The van der Waals surface area contributed by atoms with Crippen LogP contribution >= 0.6 is 15.9 Å². The lowest BCUT2D eigenvalue weighted by atomic mass is 10.2. The molecule has 1 aromatic carbocycles. The van der Waals surface area contributed by atoms with Crippen LogP contribution in [0.3, 0.4) is 0 Å². The normalized spacial score (nSPS) is 12.2. The number of carbonyl (C=O) groups is 2. The number of carbonyl (C=O) groups excluding carboxylic acids is 2. The zero-order valence-electron chi connectivity index (χ0n) is 14.2. The fourth-order valence-electron chi connectivity index (χ4n) is 2.15. The third-order valence-corrected chi connectivity index (χ3v) is 3.95. The molecule has 0 aliphatic carbocycles. The van der Waals surface area contributed by atoms with E-state index in [0.29, 0.717) is 15.4 Å². The first-order valence-corrected chi connectivity index (χ1v) is 9.94. The Morgan fingerprint density at radius 1 is 1.32 bits per heavy atom. The predicted molar refractivity (Wildman–Crippen MR) is 95.6 cm³/mol. The third kappa shape index (κ3) is 5.27. The summed E-state index contributed by atoms with van der Waals surface area (Å²) in [5.74, 6) is -1.39. The van der Waals surface area contributed by atoms with E-state index in [1.165, 1.54) is 4.68 Å². The zero-order chi connectivity index (χ0) is 19.0. The molecular formula is C15H18BrN3O5S. The highest BCUT2D eigenvalue weighted by Gasteiger charge is 2.23. The van der Waals surface area contributed by atoms with Crippen LogP contribution in [0.15, 0.2) is 22.7 Å². The van der Waals surface area contributed by atoms with Gasteiger partial charge in [0.2, 0.25) is 10.0 Å². The number of rotatable bonds is 4. The van der Waals surface area contributed by atoms with Crippen LogP contribution in [0.2, 0.25) is 0 Å². The van der Waals surface area contributed by atoms with E-state index in [9.17, 15) is 18.0 Å². The molecule has 1 N–H and O–H groups in total. The molecule has 8 nitrogen and oxygen atoms in total. The topological polar surface area (TPSA) is 107 Å². The smallest absolute Gasteiger partial charge is 0.328 e. The molecule has 0 spiro atoms. The number of esters is 1. The van der Waals surface area contributed by atoms with Gasteiger partial charge in [-0.2, -0.15) is 5.10 Å². The van der Waals surface area contributed by atoms with Crippen LogP contribution < -0.4 is 4.72 Å². The van der Waals surface area contributed by atoms with E-state index in [-0.39, 0.29) is 12.2 Å². The first-order valence-electron chi connectivity index (χ1n) is 7.26. The van der Waals surface area contributed by atoms with Gasteiger partial charge in [-0.25, -0.2) is 13.1 Å². The van der Waals surface area contributed by atoms with Gasteiger partial charge >= 0.3 is 5.97 Å². The standard InChI is InChI=1S/C15H18BrN3O5S/c1-15(2,3)24-12(20)8-19-11-6-5-9(16)7-10(11)13(17-19)14(21)18-25(4,22)23/h5-7H,8H2,1-4H3,(H,18,21). The maximum absolute atomic E-state index is 12.2. The van der Waals surface area contributed by atoms with Gasteiger partial charge in [-0.1, -0.05) is 15.9 Å². The lowest BCUT2D eigenvalue weighted by Crippen LogP contribution is -2.30. The second kappa shape index (κ2) is 6.75. The average Bonchev–Trinajstić information content (AvgIpc) is 2.72. The summed E-state index contributed by atoms with van der Waals surface area (Å²) in [6.45, 7) is 5.03. The summed E-state index contributed by atoms with van der Waals surface area (Å²) < 4.78 is 31.8. The van der Waals surface area contributed by atoms with Gasteiger partial charge in [-0.15, -0.1) is 0 Å². The van der Waals surface area contributed by atoms with E-state index in [1.54, 1.807) is 39.0 Å². The Morgan fingerprint density at radius 3 is 2.52 bits per heavy atom. The van der Waals surface area contributed by atoms with Crippen LogP contribution in [0.5, 0.6) is 0 Å². The molecule has 1 amide bonds. The molecule has 0 unspecified atom stereocenters. The lowest BCUT2D eigenvalue weighted by molar-refractivity contribution is -0.155. The molecule has 0 fully saturated rings. The van der Waals surface area contributed by atoms with Gasteiger partial charge < -0.3 is 4.74 Å². The van der Waals surface area contributed by atoms with Crippen molar-refractivity contribution >= 4 is 48.7 Å². The Kier molecular flexibility index (Phi) is 5.24. The van der Waals surface area contributed by atoms with Gasteiger partial charge in [-0.3, -0.25) is 14.3 Å². The molecule has 25 heavy (non-hydrogen) atoms. The molecule has 1 aromatic heterocycles. The molecular weight excluding hydrogens is 414 g/mol. The van der Waals surface area contributed by atoms with Gasteiger partial charge in [0.25, 0.3) is 5.91 Å². The van der Waals surface area contributed by atoms with Crippen LogP contribution in [-0.4, -0.2) is 41.9 Å². The minimum absolute atomic E-state index is 0.0923. The van der Waals surface area contributed by atoms with Crippen molar-refractivity contribution in [2.45, 2.75) is 32.9 Å². The molecule has 10 heteroatoms. The Morgan fingerprint density at radius 2 is 1.96 bits per heavy atom. The number of amides is 1. The minimum Gasteiger partial charge on any atom is -0.459 e. The number of aromatic nitrogens is 2. The van der Waals surface area contributed by atoms with E-state index >= 15 is 0 Å². The first-order chi connectivity index (χ1) is 11.4. The molecule has 0 bridgehead atoms. The lowest BCUT2D eigenvalue weighted by Gasteiger charge is -2.19. The fraction of sp³-hybridized carbons (Fsp3) is 0.400. The zero-order valence-corrected chi connectivity index (χ0v) is 16.6. The summed E-state index contributed by atoms with van der Waals surface area (Å²) in [7, 11) is -3.74. The van der Waals surface area contributed by atoms with E-state index in [0.717, 1.165) is 6.26 Å². The molecule has 0 saturated carbocycles. The maximum atomic E-state index is 12.2. The molecule has 2 rings (SSSR count). The summed E-state index contributed by atoms with van der Waals surface area (Å²) in [5, 5.41) is 4.52. The third-order valence-electron chi connectivity index (χ3n) is 2.90. The van der Waals surface area contributed by atoms with E-state index in [1.807, 2.05) is 4.72 Å². The number of fused-ring (bicyclic) bond motifs is 1. The largest absolute Gasteiger partial charge is 0.459 e. The number of nitrogens with zero attached hydrogens (tertiary/aromatic N) is 2. The van der Waals surface area contributed by atoms with Gasteiger partial charge in [0.05, 0.1) is 11.8 Å². The molecule has 0 radical (unpaired) electrons. The van der Waals surface area contributed by atoms with Crippen molar-refractivity contribution < 1.29 is 22.7 Å². The van der Waals surface area contributed by atoms with Crippen molar-refractivity contribution in [2.24, 2.45) is 0 Å². The Hall–Kier alpha value is -1.94. The average molecular weight is 432 g/mol. The van der Waals surface area contributed by atoms with Crippen molar-refractivity contribution in [3.63, 3.8) is 0 Å². The summed E-state index contributed by atoms with van der Waals surface area (Å²) in [5.41, 5.74) is -0.238. The van der Waals surface area contributed by atoms with Gasteiger partial charge in [0.15, 0.2) is 5.69 Å². The van der Waals surface area contributed by atoms with Gasteiger partial charge in [-0.05, 0) is 39.0 Å². The highest BCUT2D eigenvalue weighted by molar-refractivity contribution is 9.10. The number of hydrogen-bond acceptors (Lipinski definition) is 6. The van der Waals surface area contributed by atoms with Gasteiger partial charge in [0, 0.05) is 9.86 Å². The van der Waals surface area contributed by atoms with Crippen LogP contribution in [0.4, 0.5) is 0 Å². The van der Waals surface area contributed by atoms with E-state index < -0.39 is 27.5 Å². The Bertz CT molecular complexity index is 944. The summed E-state index contributed by atoms with van der Waals surface area (Å²) >= 11 is 3.30. The maximum Gasteiger partial charge on any atom is 0.328 e. The molecule has 136 valence electrons. The number of hydrogen-bond donors (Lipinski definition) is 1. The van der Waals surface area contributed by atoms with Crippen molar-refractivity contribution in [3.05, 3.63) is 28.4 Å². The molecule has 0 aliphatic heterocycles. The first kappa shape index (κ1) is 19.4. The summed E-state index contributed by atoms with van der Waals surface area (Å²) in [6, 6.07) is 5.03. The summed E-state index contributed by atoms with van der Waals surface area (Å²) in [6.07, 6.45) is 0.876. The van der Waals surface area contributed by atoms with Crippen molar-refractivity contribution in [2.75, 3.05) is 6.26 Å². The quantitative estimate of drug-likeness (QED) is 0.739. The van der Waals surface area contributed by atoms with E-state index in [4.69, 9.17) is 4.74 Å². The van der Waals surface area contributed by atoms with Crippen LogP contribution in [0.25, 0.3) is 10.9 Å². The van der Waals surface area contributed by atoms with Crippen LogP contribution in [0, 0.1) is 0 Å². The fourth-order valence-corrected chi connectivity index (χ4v) is 2.95. The highest BCUT2D eigenvalue weighted by Crippen LogP contribution is 2.23. The minimum atomic E-state index is -3.74. The number of ether oxygens (including phenoxy) is 1. The van der Waals surface area contributed by atoms with Crippen LogP contribution in [-0.2, 0) is 26.1 Å². The molecule has 0 saturated heterocycles. The molecule has 0 aliphatic rings. The predicted octanol–water partition coefficient (Wildman–Crippen LogP) is 1.83. The summed E-state index contributed by atoms with van der Waals surface area (Å²) in [4.78, 5) is 24.3. The second-order valence-corrected chi connectivity index (χ2v) is 9.12. The van der Waals surface area contributed by atoms with Crippen molar-refractivity contribution in [1.82, 2.24) is 14.5 Å². The number of benzene rings is 1. The second-order valence-electron chi connectivity index (χ2n) is 6.46. The Labute approximate surface area is 153 Å². The highest BCUT2D eigenvalue weighted by atomic mass is 79.9. The number of nitrogens with one attached hydrogen (secondary N) is 1. The van der Waals surface area contributed by atoms with Crippen LogP contribution in [0.1, 0.15) is 31.3 Å². The van der Waals surface area contributed by atoms with E-state index in [2.05, 4.69) is 21.0 Å². The molecule has 0 atom stereocenters. The number of halogens is 1. The molecule has 1 heterocycles. The molecule has 2 aromatic rings. The Balaban J connectivity index is 2.45. The SMILES string of the molecule is CC(C)(C)OC(=O)Cn1nc(C(=O)NS(C)(=O)=O)c2cc(Br)ccc21. The number of sulfonamides is 1.